The Labute approximate surface area is 64.1 Å². The zero-order valence-electron chi connectivity index (χ0n) is 7.52. The lowest BCUT2D eigenvalue weighted by atomic mass is 10.1. The van der Waals surface area contributed by atoms with Gasteiger partial charge in [0.15, 0.2) is 0 Å². The maximum Gasteiger partial charge on any atom is 0.00616 e. The van der Waals surface area contributed by atoms with Gasteiger partial charge in [0, 0.05) is 6.04 Å². The smallest absolute Gasteiger partial charge is 0.00616 e. The number of nitrogens with two attached hydrogens (primary N) is 2. The fourth-order valence-electron chi connectivity index (χ4n) is 0.558. The van der Waals surface area contributed by atoms with E-state index in [1.807, 2.05) is 0 Å². The molecule has 64 valence electrons. The second-order valence-corrected chi connectivity index (χ2v) is 2.59. The van der Waals surface area contributed by atoms with Gasteiger partial charge >= 0.3 is 0 Å². The summed E-state index contributed by atoms with van der Waals surface area (Å²) < 4.78 is 0. The molecule has 1 atom stereocenters. The van der Waals surface area contributed by atoms with E-state index in [9.17, 15) is 0 Å². The topological polar surface area (TPSA) is 64.1 Å². The Morgan fingerprint density at radius 3 is 1.70 bits per heavy atom. The molecule has 0 aromatic rings. The summed E-state index contributed by atoms with van der Waals surface area (Å²) in [4.78, 5) is 0. The first-order valence-corrected chi connectivity index (χ1v) is 3.75. The van der Waals surface area contributed by atoms with Gasteiger partial charge in [-0.15, -0.1) is 0 Å². The van der Waals surface area contributed by atoms with Gasteiger partial charge in [0.1, 0.15) is 0 Å². The molecule has 5 N–H and O–H groups in total. The van der Waals surface area contributed by atoms with Gasteiger partial charge in [-0.25, -0.2) is 0 Å². The van der Waals surface area contributed by atoms with Gasteiger partial charge < -0.3 is 5.32 Å². The zero-order valence-corrected chi connectivity index (χ0v) is 7.52. The number of hydrogen-bond donors (Lipinski definition) is 3. The van der Waals surface area contributed by atoms with Crippen LogP contribution in [-0.4, -0.2) is 12.6 Å². The van der Waals surface area contributed by atoms with E-state index in [1.165, 1.54) is 0 Å². The minimum Gasteiger partial charge on any atom is -0.314 e. The Morgan fingerprint density at radius 1 is 1.20 bits per heavy atom. The fourth-order valence-corrected chi connectivity index (χ4v) is 0.558. The van der Waals surface area contributed by atoms with Crippen LogP contribution in [0.25, 0.3) is 0 Å². The van der Waals surface area contributed by atoms with Crippen LogP contribution in [0.5, 0.6) is 0 Å². The molecule has 0 heterocycles. The SMILES string of the molecule is CCNC(C)C(C)C.NN. The number of nitrogens with one attached hydrogen (secondary N) is 1. The van der Waals surface area contributed by atoms with Crippen molar-refractivity contribution in [3.05, 3.63) is 0 Å². The molecule has 0 amide bonds. The average Bonchev–Trinajstić information content (AvgIpc) is 1.93. The lowest BCUT2D eigenvalue weighted by Gasteiger charge is -2.15. The molecular weight excluding hydrogens is 126 g/mol. The van der Waals surface area contributed by atoms with Gasteiger partial charge in [-0.2, -0.15) is 0 Å². The van der Waals surface area contributed by atoms with E-state index in [0.717, 1.165) is 12.5 Å². The van der Waals surface area contributed by atoms with Crippen LogP contribution in [0.1, 0.15) is 27.7 Å². The summed E-state index contributed by atoms with van der Waals surface area (Å²) in [5.74, 6) is 8.76. The summed E-state index contributed by atoms with van der Waals surface area (Å²) >= 11 is 0. The Bertz CT molecular complexity index is 54.8. The van der Waals surface area contributed by atoms with Crippen molar-refractivity contribution in [2.45, 2.75) is 33.7 Å². The lowest BCUT2D eigenvalue weighted by molar-refractivity contribution is 0.437. The third-order valence-corrected chi connectivity index (χ3v) is 1.53. The van der Waals surface area contributed by atoms with Crippen LogP contribution < -0.4 is 17.0 Å². The molecule has 0 spiro atoms. The van der Waals surface area contributed by atoms with Gasteiger partial charge in [0.2, 0.25) is 0 Å². The molecule has 0 fully saturated rings. The molecule has 0 saturated carbocycles. The minimum absolute atomic E-state index is 0.667. The van der Waals surface area contributed by atoms with E-state index < -0.39 is 0 Å². The predicted octanol–water partition coefficient (Wildman–Crippen LogP) is 0.459. The highest BCUT2D eigenvalue weighted by Gasteiger charge is 2.02. The van der Waals surface area contributed by atoms with Crippen molar-refractivity contribution in [1.29, 1.82) is 0 Å². The van der Waals surface area contributed by atoms with Crippen molar-refractivity contribution in [3.63, 3.8) is 0 Å². The Hall–Kier alpha value is -0.120. The molecule has 0 bridgehead atoms. The van der Waals surface area contributed by atoms with Gasteiger partial charge in [0.05, 0.1) is 0 Å². The van der Waals surface area contributed by atoms with E-state index in [-0.39, 0.29) is 0 Å². The molecule has 1 unspecified atom stereocenters. The summed E-state index contributed by atoms with van der Waals surface area (Å²) in [6, 6.07) is 0.667. The van der Waals surface area contributed by atoms with Gasteiger partial charge in [-0.3, -0.25) is 11.7 Å². The van der Waals surface area contributed by atoms with Crippen LogP contribution in [0.2, 0.25) is 0 Å². The largest absolute Gasteiger partial charge is 0.314 e. The van der Waals surface area contributed by atoms with Crippen molar-refractivity contribution in [1.82, 2.24) is 5.32 Å². The van der Waals surface area contributed by atoms with Gasteiger partial charge in [-0.1, -0.05) is 20.8 Å². The summed E-state index contributed by atoms with van der Waals surface area (Å²) in [5, 5.41) is 3.34. The molecule has 0 aromatic heterocycles. The van der Waals surface area contributed by atoms with Crippen LogP contribution in [-0.2, 0) is 0 Å². The zero-order chi connectivity index (χ0) is 8.57. The van der Waals surface area contributed by atoms with Crippen LogP contribution in [0.4, 0.5) is 0 Å². The summed E-state index contributed by atoms with van der Waals surface area (Å²) in [6.45, 7) is 9.90. The summed E-state index contributed by atoms with van der Waals surface area (Å²) in [6.07, 6.45) is 0. The number of hydrazine groups is 1. The standard InChI is InChI=1S/C7H17N.H4N2/c1-5-8-7(4)6(2)3;1-2/h6-8H,5H2,1-4H3;1-2H2. The first kappa shape index (κ1) is 12.5. The van der Waals surface area contributed by atoms with Gasteiger partial charge in [-0.05, 0) is 19.4 Å². The Morgan fingerprint density at radius 2 is 1.60 bits per heavy atom. The highest BCUT2D eigenvalue weighted by Crippen LogP contribution is 1.97. The molecule has 0 aliphatic carbocycles. The molecule has 0 saturated heterocycles. The molecule has 0 radical (unpaired) electrons. The molecule has 3 heteroatoms. The first-order valence-electron chi connectivity index (χ1n) is 3.75. The normalized spacial score (nSPS) is 12.3. The minimum atomic E-state index is 0.667. The third-order valence-electron chi connectivity index (χ3n) is 1.53. The van der Waals surface area contributed by atoms with E-state index in [1.54, 1.807) is 0 Å². The van der Waals surface area contributed by atoms with Crippen molar-refractivity contribution in [2.24, 2.45) is 17.6 Å². The highest BCUT2D eigenvalue weighted by molar-refractivity contribution is 4.61. The Balaban J connectivity index is 0. The Kier molecular flexibility index (Phi) is 11.1. The quantitative estimate of drug-likeness (QED) is 0.401. The van der Waals surface area contributed by atoms with Crippen LogP contribution in [0, 0.1) is 5.92 Å². The lowest BCUT2D eigenvalue weighted by Crippen LogP contribution is -2.30. The van der Waals surface area contributed by atoms with Crippen LogP contribution in [0.15, 0.2) is 0 Å². The molecule has 0 aliphatic heterocycles. The highest BCUT2D eigenvalue weighted by atomic mass is 15.0. The van der Waals surface area contributed by atoms with E-state index in [4.69, 9.17) is 0 Å². The molecule has 0 aromatic carbocycles. The van der Waals surface area contributed by atoms with E-state index in [2.05, 4.69) is 44.7 Å². The average molecular weight is 147 g/mol. The summed E-state index contributed by atoms with van der Waals surface area (Å²) in [5.41, 5.74) is 0. The van der Waals surface area contributed by atoms with Crippen molar-refractivity contribution >= 4 is 0 Å². The monoisotopic (exact) mass is 147 g/mol. The van der Waals surface area contributed by atoms with E-state index >= 15 is 0 Å². The van der Waals surface area contributed by atoms with E-state index in [0.29, 0.717) is 6.04 Å². The van der Waals surface area contributed by atoms with Crippen LogP contribution in [0.3, 0.4) is 0 Å². The molecule has 3 nitrogen and oxygen atoms in total. The molecule has 10 heavy (non-hydrogen) atoms. The van der Waals surface area contributed by atoms with Crippen molar-refractivity contribution in [3.8, 4) is 0 Å². The second kappa shape index (κ2) is 8.88. The maximum atomic E-state index is 4.00. The first-order chi connectivity index (χ1) is 4.68. The number of hydrogen-bond acceptors (Lipinski definition) is 3. The number of rotatable bonds is 3. The molecule has 0 rings (SSSR count). The maximum absolute atomic E-state index is 4.00. The third kappa shape index (κ3) is 7.88. The second-order valence-electron chi connectivity index (χ2n) is 2.59. The predicted molar refractivity (Wildman–Crippen MR) is 46.4 cm³/mol. The molecular formula is C7H21N3. The van der Waals surface area contributed by atoms with Gasteiger partial charge in [0.25, 0.3) is 0 Å². The molecule has 0 aliphatic rings. The fraction of sp³-hybridized carbons (Fsp3) is 1.00. The van der Waals surface area contributed by atoms with Crippen molar-refractivity contribution in [2.75, 3.05) is 6.54 Å². The summed E-state index contributed by atoms with van der Waals surface area (Å²) in [7, 11) is 0. The van der Waals surface area contributed by atoms with Crippen LogP contribution >= 0.6 is 0 Å². The van der Waals surface area contributed by atoms with Crippen molar-refractivity contribution < 1.29 is 0 Å².